The van der Waals surface area contributed by atoms with Crippen LogP contribution >= 0.6 is 15.9 Å². The number of ether oxygens (including phenoxy) is 3. The molecule has 2 aromatic rings. The molecule has 49 heavy (non-hydrogen) atoms. The van der Waals surface area contributed by atoms with Crippen LogP contribution in [0.5, 0.6) is 5.75 Å². The molecule has 2 saturated heterocycles. The number of halogens is 1. The Balaban J connectivity index is 1.50. The Hall–Kier alpha value is -4.00. The van der Waals surface area contributed by atoms with Crippen LogP contribution in [0.2, 0.25) is 0 Å². The molecule has 3 amide bonds. The van der Waals surface area contributed by atoms with Gasteiger partial charge in [0.1, 0.15) is 35.5 Å². The van der Waals surface area contributed by atoms with Crippen molar-refractivity contribution < 1.29 is 38.5 Å². The lowest BCUT2D eigenvalue weighted by atomic mass is 9.74. The van der Waals surface area contributed by atoms with Crippen LogP contribution in [0.3, 0.4) is 0 Å². The summed E-state index contributed by atoms with van der Waals surface area (Å²) in [5.41, 5.74) is -0.255. The van der Waals surface area contributed by atoms with Crippen molar-refractivity contribution in [1.82, 2.24) is 9.80 Å². The van der Waals surface area contributed by atoms with Gasteiger partial charge in [-0.1, -0.05) is 65.3 Å². The molecule has 11 nitrogen and oxygen atoms in total. The highest BCUT2D eigenvalue weighted by atomic mass is 79.9. The Labute approximate surface area is 294 Å². The number of aliphatic hydroxyl groups excluding tert-OH is 1. The number of rotatable bonds is 6. The van der Waals surface area contributed by atoms with Gasteiger partial charge in [-0.15, -0.1) is 0 Å². The van der Waals surface area contributed by atoms with E-state index >= 15 is 4.79 Å². The van der Waals surface area contributed by atoms with Crippen LogP contribution in [0.15, 0.2) is 77.3 Å². The summed E-state index contributed by atoms with van der Waals surface area (Å²) in [6.45, 7) is 3.42. The number of nitrogens with zero attached hydrogens (tertiary/aromatic N) is 3. The molecule has 4 aliphatic heterocycles. The second-order valence-electron chi connectivity index (χ2n) is 13.0. The van der Waals surface area contributed by atoms with Gasteiger partial charge in [0.15, 0.2) is 0 Å². The van der Waals surface area contributed by atoms with E-state index < -0.39 is 65.6 Å². The van der Waals surface area contributed by atoms with Gasteiger partial charge in [0.05, 0.1) is 31.7 Å². The fraction of sp³-hybridized carbons (Fsp3) is 0.459. The van der Waals surface area contributed by atoms with Crippen LogP contribution in [0.1, 0.15) is 44.8 Å². The first-order chi connectivity index (χ1) is 23.6. The number of likely N-dealkylation sites (N-methyl/N-ethyl adjacent to an activating group) is 1. The lowest BCUT2D eigenvalue weighted by Gasteiger charge is -2.38. The molecule has 2 fully saturated rings. The SMILES string of the molecule is CC[C@@H](CO)N1C(=O)[C@@H]2[C@H]3C(=O)O[C@@H](c4ccccc4)[C@H](C)N(C)C(=O)CC/C=C\CN(c4ccc(OC)cc4)C(=O)[C@@H]1[C@]21C=C(Br)[C@H]3O1. The average molecular weight is 737 g/mol. The van der Waals surface area contributed by atoms with Crippen molar-refractivity contribution in [2.45, 2.75) is 69.0 Å². The van der Waals surface area contributed by atoms with E-state index in [9.17, 15) is 19.5 Å². The highest BCUT2D eigenvalue weighted by molar-refractivity contribution is 9.11. The minimum absolute atomic E-state index is 0.131. The van der Waals surface area contributed by atoms with Gasteiger partial charge < -0.3 is 34.0 Å². The number of fused-ring (bicyclic) bond motifs is 2. The van der Waals surface area contributed by atoms with Crippen molar-refractivity contribution in [2.75, 3.05) is 32.2 Å². The lowest BCUT2D eigenvalue weighted by Crippen LogP contribution is -2.58. The van der Waals surface area contributed by atoms with Crippen molar-refractivity contribution in [3.63, 3.8) is 0 Å². The van der Waals surface area contributed by atoms with E-state index in [1.165, 1.54) is 4.90 Å². The van der Waals surface area contributed by atoms with E-state index in [1.54, 1.807) is 54.3 Å². The van der Waals surface area contributed by atoms with Gasteiger partial charge in [0.25, 0.3) is 5.91 Å². The molecule has 12 heteroatoms. The minimum Gasteiger partial charge on any atom is -0.497 e. The zero-order valence-corrected chi connectivity index (χ0v) is 29.6. The molecule has 1 spiro atoms. The minimum atomic E-state index is -1.51. The van der Waals surface area contributed by atoms with Crippen molar-refractivity contribution in [2.24, 2.45) is 11.8 Å². The largest absolute Gasteiger partial charge is 0.497 e. The van der Waals surface area contributed by atoms with Gasteiger partial charge >= 0.3 is 5.97 Å². The fourth-order valence-electron chi connectivity index (χ4n) is 7.65. The quantitative estimate of drug-likeness (QED) is 0.347. The number of likely N-dealkylation sites (tertiary alicyclic amines) is 1. The second kappa shape index (κ2) is 14.1. The lowest BCUT2D eigenvalue weighted by molar-refractivity contribution is -0.164. The second-order valence-corrected chi connectivity index (χ2v) is 13.9. The van der Waals surface area contributed by atoms with Gasteiger partial charge in [-0.3, -0.25) is 19.2 Å². The summed E-state index contributed by atoms with van der Waals surface area (Å²) >= 11 is 3.60. The number of benzene rings is 2. The third-order valence-corrected chi connectivity index (χ3v) is 11.1. The molecule has 2 aromatic carbocycles. The number of anilines is 1. The number of hydrogen-bond acceptors (Lipinski definition) is 8. The summed E-state index contributed by atoms with van der Waals surface area (Å²) < 4.78 is 18.8. The van der Waals surface area contributed by atoms with Crippen LogP contribution in [-0.4, -0.2) is 95.7 Å². The van der Waals surface area contributed by atoms with Gasteiger partial charge in [-0.2, -0.15) is 0 Å². The van der Waals surface area contributed by atoms with Crippen LogP contribution in [0.25, 0.3) is 0 Å². The molecule has 5 bridgehead atoms. The molecule has 0 saturated carbocycles. The van der Waals surface area contributed by atoms with Crippen LogP contribution in [0, 0.1) is 11.8 Å². The van der Waals surface area contributed by atoms with E-state index in [-0.39, 0.29) is 25.5 Å². The predicted octanol–water partition coefficient (Wildman–Crippen LogP) is 4.15. The van der Waals surface area contributed by atoms with Crippen molar-refractivity contribution in [1.29, 1.82) is 0 Å². The van der Waals surface area contributed by atoms with Gasteiger partial charge in [-0.05, 0) is 55.7 Å². The van der Waals surface area contributed by atoms with Gasteiger partial charge in [0, 0.05) is 30.2 Å². The third-order valence-electron chi connectivity index (χ3n) is 10.4. The first-order valence-electron chi connectivity index (χ1n) is 16.7. The molecule has 6 rings (SSSR count). The summed E-state index contributed by atoms with van der Waals surface area (Å²) in [4.78, 5) is 62.1. The standard InChI is InChI=1S/C37H42BrN3O8/c1-5-24(21-42)41-33-35(45)40(25-15-17-26(47-4)18-16-25)19-11-7-10-14-28(43)39(3)22(2)31(23-12-8-6-9-13-23)48-36(46)29-30(34(41)44)37(33)20-27(38)32(29)49-37/h6-9,11-13,15-18,20,22,24,29-33,42H,5,10,14,19,21H2,1-4H3/b11-7-/t22-,24-,29+,30-,31+,32+,33+,37-/m0/s1. The van der Waals surface area contributed by atoms with Crippen molar-refractivity contribution >= 4 is 45.3 Å². The average Bonchev–Trinajstić information content (AvgIpc) is 3.71. The highest BCUT2D eigenvalue weighted by Gasteiger charge is 2.75. The van der Waals surface area contributed by atoms with Crippen molar-refractivity contribution in [3.8, 4) is 5.75 Å². The normalized spacial score (nSPS) is 31.8. The summed E-state index contributed by atoms with van der Waals surface area (Å²) in [5.74, 6) is -3.25. The zero-order valence-electron chi connectivity index (χ0n) is 28.0. The number of esters is 1. The molecule has 1 N–H and O–H groups in total. The Morgan fingerprint density at radius 2 is 1.73 bits per heavy atom. The molecule has 0 aromatic heterocycles. The summed E-state index contributed by atoms with van der Waals surface area (Å²) in [5, 5.41) is 10.5. The molecule has 0 aliphatic carbocycles. The summed E-state index contributed by atoms with van der Waals surface area (Å²) in [6.07, 6.45) is 4.72. The molecule has 0 unspecified atom stereocenters. The number of carbonyl (C=O) groups excluding carboxylic acids is 4. The molecule has 4 aliphatic rings. The number of allylic oxidation sites excluding steroid dienone is 1. The van der Waals surface area contributed by atoms with Crippen molar-refractivity contribution in [3.05, 3.63) is 82.9 Å². The molecule has 260 valence electrons. The van der Waals surface area contributed by atoms with E-state index in [1.807, 2.05) is 56.3 Å². The zero-order chi connectivity index (χ0) is 35.0. The monoisotopic (exact) mass is 735 g/mol. The molecular weight excluding hydrogens is 694 g/mol. The first kappa shape index (κ1) is 34.8. The molecule has 4 heterocycles. The maximum atomic E-state index is 15.0. The van der Waals surface area contributed by atoms with E-state index in [2.05, 4.69) is 15.9 Å². The van der Waals surface area contributed by atoms with E-state index in [4.69, 9.17) is 14.2 Å². The molecule has 8 atom stereocenters. The van der Waals surface area contributed by atoms with Gasteiger partial charge in [-0.25, -0.2) is 0 Å². The topological polar surface area (TPSA) is 126 Å². The fourth-order valence-corrected chi connectivity index (χ4v) is 8.38. The van der Waals surface area contributed by atoms with Gasteiger partial charge in [0.2, 0.25) is 11.8 Å². The van der Waals surface area contributed by atoms with E-state index in [0.717, 1.165) is 0 Å². The van der Waals surface area contributed by atoms with E-state index in [0.29, 0.717) is 34.3 Å². The summed E-state index contributed by atoms with van der Waals surface area (Å²) in [7, 11) is 3.25. The molecule has 0 radical (unpaired) electrons. The number of aliphatic hydroxyl groups is 1. The van der Waals surface area contributed by atoms with Crippen LogP contribution in [0.4, 0.5) is 5.69 Å². The number of methoxy groups -OCH3 is 1. The Kier molecular flexibility index (Phi) is 10.0. The predicted molar refractivity (Wildman–Crippen MR) is 185 cm³/mol. The smallest absolute Gasteiger partial charge is 0.313 e. The summed E-state index contributed by atoms with van der Waals surface area (Å²) in [6, 6.07) is 13.8. The number of cyclic esters (lactones) is 1. The number of amides is 3. The highest BCUT2D eigenvalue weighted by Crippen LogP contribution is 2.59. The Bertz CT molecular complexity index is 1640. The maximum absolute atomic E-state index is 15.0. The number of carbonyl (C=O) groups is 4. The first-order valence-corrected chi connectivity index (χ1v) is 17.5. The number of hydrogen-bond donors (Lipinski definition) is 1. The van der Waals surface area contributed by atoms with Crippen LogP contribution < -0.4 is 9.64 Å². The molecular formula is C37H42BrN3O8. The maximum Gasteiger partial charge on any atom is 0.313 e. The van der Waals surface area contributed by atoms with Crippen LogP contribution in [-0.2, 0) is 28.7 Å². The Morgan fingerprint density at radius 1 is 1.02 bits per heavy atom. The Morgan fingerprint density at radius 3 is 2.39 bits per heavy atom. The third kappa shape index (κ3) is 5.97.